The van der Waals surface area contributed by atoms with Crippen LogP contribution in [0, 0.1) is 0 Å². The summed E-state index contributed by atoms with van der Waals surface area (Å²) < 4.78 is 2.64. The molecular weight excluding hydrogens is 261 g/mol. The molecule has 2 aromatic heterocycles. The van der Waals surface area contributed by atoms with Crippen LogP contribution in [0.1, 0.15) is 0 Å². The number of nitrogens with zero attached hydrogens (tertiary/aromatic N) is 4. The molecule has 2 heterocycles. The number of H-pyrrole nitrogens is 1. The van der Waals surface area contributed by atoms with E-state index in [1.54, 1.807) is 3.56 Å². The summed E-state index contributed by atoms with van der Waals surface area (Å²) in [6, 6.07) is 7.56. The maximum atomic E-state index is 11.9. The predicted octanol–water partition coefficient (Wildman–Crippen LogP) is -0.439. The van der Waals surface area contributed by atoms with Crippen LogP contribution in [0.2, 0.25) is 0 Å². The van der Waals surface area contributed by atoms with Crippen molar-refractivity contribution in [3.63, 3.8) is 0 Å². The predicted molar refractivity (Wildman–Crippen MR) is 54.2 cm³/mol. The van der Waals surface area contributed by atoms with Crippen LogP contribution < -0.4 is 5.56 Å². The van der Waals surface area contributed by atoms with E-state index < -0.39 is 0 Å². The Kier molecular flexibility index (Phi) is 1.80. The van der Waals surface area contributed by atoms with Gasteiger partial charge in [-0.3, -0.25) is 0 Å². The first-order valence-electron chi connectivity index (χ1n) is 4.21. The Morgan fingerprint density at radius 3 is 2.93 bits per heavy atom. The topological polar surface area (TPSA) is 76.5 Å². The van der Waals surface area contributed by atoms with Crippen LogP contribution in [0.5, 0.6) is 0 Å². The molecule has 0 aliphatic heterocycles. The Labute approximate surface area is 89.5 Å². The van der Waals surface area contributed by atoms with E-state index in [-0.39, 0.29) is 20.3 Å². The van der Waals surface area contributed by atoms with E-state index in [1.165, 1.54) is 0 Å². The van der Waals surface area contributed by atoms with Gasteiger partial charge in [0.15, 0.2) is 0 Å². The zero-order valence-electron chi connectivity index (χ0n) is 7.41. The van der Waals surface area contributed by atoms with Crippen LogP contribution in [-0.4, -0.2) is 38.9 Å². The third-order valence-corrected chi connectivity index (χ3v) is 4.27. The van der Waals surface area contributed by atoms with Crippen molar-refractivity contribution in [2.75, 3.05) is 0 Å². The minimum atomic E-state index is -0.0745. The number of rotatable bonds is 1. The molecule has 6 nitrogen and oxygen atoms in total. The van der Waals surface area contributed by atoms with Crippen molar-refractivity contribution in [1.29, 1.82) is 0 Å². The third-order valence-electron chi connectivity index (χ3n) is 2.02. The van der Waals surface area contributed by atoms with E-state index >= 15 is 0 Å². The van der Waals surface area contributed by atoms with Gasteiger partial charge in [0.25, 0.3) is 0 Å². The van der Waals surface area contributed by atoms with E-state index in [0.717, 1.165) is 9.65 Å². The number of nitrogens with one attached hydrogen (secondary N) is 1. The van der Waals surface area contributed by atoms with Gasteiger partial charge >= 0.3 is 89.1 Å². The molecule has 3 rings (SSSR count). The zero-order chi connectivity index (χ0) is 10.3. The Bertz CT molecular complexity index is 653. The first kappa shape index (κ1) is 8.58. The monoisotopic (exact) mass is 267 g/mol. The van der Waals surface area contributed by atoms with Gasteiger partial charge in [0.05, 0.1) is 0 Å². The summed E-state index contributed by atoms with van der Waals surface area (Å²) in [5, 5.41) is 14.0. The number of hydrogen-bond acceptors (Lipinski definition) is 4. The van der Waals surface area contributed by atoms with Gasteiger partial charge in [-0.15, -0.1) is 0 Å². The van der Waals surface area contributed by atoms with Gasteiger partial charge in [-0.2, -0.15) is 0 Å². The maximum absolute atomic E-state index is 11.9. The molecule has 0 amide bonds. The summed E-state index contributed by atoms with van der Waals surface area (Å²) in [6.07, 6.45) is 0. The van der Waals surface area contributed by atoms with Gasteiger partial charge in [-0.25, -0.2) is 0 Å². The molecule has 0 atom stereocenters. The first-order valence-corrected chi connectivity index (χ1v) is 5.84. The average molecular weight is 266 g/mol. The quantitative estimate of drug-likeness (QED) is 0.606. The Morgan fingerprint density at radius 2 is 2.20 bits per heavy atom. The minimum absolute atomic E-state index is 0.0378. The van der Waals surface area contributed by atoms with Gasteiger partial charge in [0.2, 0.25) is 0 Å². The molecule has 0 aliphatic carbocycles. The fourth-order valence-electron chi connectivity index (χ4n) is 1.35. The molecule has 3 aromatic rings. The number of tetrazole rings is 1. The summed E-state index contributed by atoms with van der Waals surface area (Å²) >= 11 is -0.0745. The second-order valence-electron chi connectivity index (χ2n) is 2.91. The van der Waals surface area contributed by atoms with E-state index in [0.29, 0.717) is 5.95 Å². The summed E-state index contributed by atoms with van der Waals surface area (Å²) in [5.41, 5.74) is -0.0378. The molecule has 74 valence electrons. The molecule has 0 spiro atoms. The third kappa shape index (κ3) is 1.25. The standard InChI is InChI=1S/C8H5N5OSe/c14-7-5-3-1-2-4-6(5)15-13(7)8-9-11-12-10-8/h1-4H,(H,9,10,11,12). The van der Waals surface area contributed by atoms with Crippen molar-refractivity contribution >= 4 is 24.4 Å². The molecule has 0 bridgehead atoms. The van der Waals surface area contributed by atoms with Gasteiger partial charge in [-0.1, -0.05) is 0 Å². The molecule has 0 radical (unpaired) electrons. The van der Waals surface area contributed by atoms with E-state index in [9.17, 15) is 4.79 Å². The van der Waals surface area contributed by atoms with Crippen molar-refractivity contribution in [3.8, 4) is 5.95 Å². The van der Waals surface area contributed by atoms with Crippen LogP contribution in [-0.2, 0) is 0 Å². The van der Waals surface area contributed by atoms with Crippen molar-refractivity contribution in [2.24, 2.45) is 0 Å². The van der Waals surface area contributed by atoms with Gasteiger partial charge in [0.1, 0.15) is 0 Å². The molecule has 0 saturated heterocycles. The normalized spacial score (nSPS) is 10.9. The fourth-order valence-corrected chi connectivity index (χ4v) is 3.31. The average Bonchev–Trinajstić information content (AvgIpc) is 2.87. The van der Waals surface area contributed by atoms with Crippen molar-refractivity contribution in [1.82, 2.24) is 24.2 Å². The molecule has 0 saturated carbocycles. The zero-order valence-corrected chi connectivity index (χ0v) is 9.13. The van der Waals surface area contributed by atoms with Gasteiger partial charge in [-0.05, 0) is 0 Å². The van der Waals surface area contributed by atoms with E-state index in [4.69, 9.17) is 0 Å². The molecule has 1 N–H and O–H groups in total. The summed E-state index contributed by atoms with van der Waals surface area (Å²) in [5.74, 6) is 0.413. The van der Waals surface area contributed by atoms with Crippen LogP contribution in [0.3, 0.4) is 0 Å². The number of benzene rings is 1. The SMILES string of the molecule is O=c1c2ccccc2[se]n1-c1nnn[nH]1. The van der Waals surface area contributed by atoms with Crippen molar-refractivity contribution in [3.05, 3.63) is 34.6 Å². The second-order valence-corrected chi connectivity index (χ2v) is 4.98. The number of fused-ring (bicyclic) bond motifs is 1. The van der Waals surface area contributed by atoms with Crippen LogP contribution in [0.4, 0.5) is 0 Å². The van der Waals surface area contributed by atoms with Crippen molar-refractivity contribution < 1.29 is 0 Å². The molecule has 1 aromatic carbocycles. The fraction of sp³-hybridized carbons (Fsp3) is 0. The summed E-state index contributed by atoms with van der Waals surface area (Å²) in [7, 11) is 0. The summed E-state index contributed by atoms with van der Waals surface area (Å²) in [6.45, 7) is 0. The van der Waals surface area contributed by atoms with Gasteiger partial charge in [0, 0.05) is 0 Å². The number of hydrogen-bond donors (Lipinski definition) is 1. The molecule has 0 unspecified atom stereocenters. The molecule has 0 fully saturated rings. The Morgan fingerprint density at radius 1 is 1.33 bits per heavy atom. The van der Waals surface area contributed by atoms with E-state index in [2.05, 4.69) is 20.6 Å². The number of aromatic amines is 1. The Balaban J connectivity index is 2.38. The molecule has 15 heavy (non-hydrogen) atoms. The first-order chi connectivity index (χ1) is 7.36. The van der Waals surface area contributed by atoms with Gasteiger partial charge < -0.3 is 0 Å². The summed E-state index contributed by atoms with van der Waals surface area (Å²) in [4.78, 5) is 11.9. The van der Waals surface area contributed by atoms with E-state index in [1.807, 2.05) is 24.3 Å². The molecule has 7 heteroatoms. The second kappa shape index (κ2) is 3.15. The molecule has 0 aliphatic rings. The molecular formula is C8H5N5OSe. The Hall–Kier alpha value is -1.72. The van der Waals surface area contributed by atoms with Crippen molar-refractivity contribution in [2.45, 2.75) is 0 Å². The number of aromatic nitrogens is 5. The van der Waals surface area contributed by atoms with Crippen LogP contribution in [0.15, 0.2) is 29.1 Å². The van der Waals surface area contributed by atoms with Crippen LogP contribution >= 0.6 is 0 Å². The van der Waals surface area contributed by atoms with Crippen LogP contribution in [0.25, 0.3) is 15.6 Å².